The number of benzene rings is 1. The highest BCUT2D eigenvalue weighted by Gasteiger charge is 2.28. The second-order valence-electron chi connectivity index (χ2n) is 6.53. The summed E-state index contributed by atoms with van der Waals surface area (Å²) in [7, 11) is 0. The summed E-state index contributed by atoms with van der Waals surface area (Å²) in [6.45, 7) is 1.50. The van der Waals surface area contributed by atoms with E-state index < -0.39 is 0 Å². The number of fused-ring (bicyclic) bond motifs is 1. The molecule has 0 spiro atoms. The number of thiophene rings is 1. The van der Waals surface area contributed by atoms with E-state index in [0.717, 1.165) is 25.1 Å². The molecule has 2 aliphatic rings. The minimum absolute atomic E-state index is 0.103. The quantitative estimate of drug-likeness (QED) is 0.920. The van der Waals surface area contributed by atoms with Gasteiger partial charge < -0.3 is 5.32 Å². The molecule has 1 fully saturated rings. The van der Waals surface area contributed by atoms with Crippen LogP contribution >= 0.6 is 11.3 Å². The number of anilines is 1. The van der Waals surface area contributed by atoms with Crippen molar-refractivity contribution < 1.29 is 4.79 Å². The Morgan fingerprint density at radius 1 is 1.22 bits per heavy atom. The fourth-order valence-electron chi connectivity index (χ4n) is 3.85. The van der Waals surface area contributed by atoms with E-state index in [9.17, 15) is 4.79 Å². The zero-order valence-electron chi connectivity index (χ0n) is 13.3. The topological polar surface area (TPSA) is 32.3 Å². The highest BCUT2D eigenvalue weighted by Crippen LogP contribution is 2.34. The first-order valence-corrected chi connectivity index (χ1v) is 9.37. The molecule has 2 aromatic rings. The molecule has 0 saturated carbocycles. The number of rotatable bonds is 4. The van der Waals surface area contributed by atoms with Crippen molar-refractivity contribution >= 4 is 22.9 Å². The van der Waals surface area contributed by atoms with Gasteiger partial charge in [0.25, 0.3) is 0 Å². The molecule has 120 valence electrons. The molecular formula is C19H22N2OS. The van der Waals surface area contributed by atoms with Gasteiger partial charge in [0.2, 0.25) is 5.91 Å². The predicted octanol–water partition coefficient (Wildman–Crippen LogP) is 4.01. The maximum Gasteiger partial charge on any atom is 0.238 e. The Bertz CT molecular complexity index is 695. The molecule has 1 aromatic carbocycles. The van der Waals surface area contributed by atoms with Crippen molar-refractivity contribution in [3.8, 4) is 0 Å². The van der Waals surface area contributed by atoms with Crippen LogP contribution in [-0.2, 0) is 17.6 Å². The van der Waals surface area contributed by atoms with Crippen LogP contribution in [0.4, 0.5) is 5.69 Å². The molecule has 1 aromatic heterocycles. The Labute approximate surface area is 141 Å². The molecular weight excluding hydrogens is 304 g/mol. The van der Waals surface area contributed by atoms with E-state index in [-0.39, 0.29) is 5.91 Å². The van der Waals surface area contributed by atoms with Crippen LogP contribution in [0.15, 0.2) is 35.7 Å². The lowest BCUT2D eigenvalue weighted by Gasteiger charge is -2.23. The van der Waals surface area contributed by atoms with Gasteiger partial charge in [-0.2, -0.15) is 0 Å². The molecule has 0 bridgehead atoms. The van der Waals surface area contributed by atoms with Crippen molar-refractivity contribution in [2.24, 2.45) is 0 Å². The van der Waals surface area contributed by atoms with Crippen LogP contribution in [0.3, 0.4) is 0 Å². The third-order valence-corrected chi connectivity index (χ3v) is 5.94. The van der Waals surface area contributed by atoms with Crippen molar-refractivity contribution in [3.05, 3.63) is 51.7 Å². The van der Waals surface area contributed by atoms with E-state index in [2.05, 4.69) is 39.9 Å². The first kappa shape index (κ1) is 14.9. The van der Waals surface area contributed by atoms with Gasteiger partial charge in [-0.15, -0.1) is 11.3 Å². The molecule has 4 rings (SSSR count). The average molecular weight is 326 g/mol. The molecule has 1 atom stereocenters. The minimum Gasteiger partial charge on any atom is -0.325 e. The van der Waals surface area contributed by atoms with Crippen molar-refractivity contribution in [2.45, 2.75) is 38.1 Å². The fraction of sp³-hybridized carbons (Fsp3) is 0.421. The van der Waals surface area contributed by atoms with E-state index in [0.29, 0.717) is 12.6 Å². The van der Waals surface area contributed by atoms with Crippen LogP contribution in [0.1, 0.15) is 41.3 Å². The Hall–Kier alpha value is -1.65. The molecule has 1 saturated heterocycles. The smallest absolute Gasteiger partial charge is 0.238 e. The largest absolute Gasteiger partial charge is 0.325 e. The van der Waals surface area contributed by atoms with Gasteiger partial charge in [-0.3, -0.25) is 9.69 Å². The van der Waals surface area contributed by atoms with E-state index in [1.54, 1.807) is 11.3 Å². The second-order valence-corrected chi connectivity index (χ2v) is 7.51. The molecule has 0 unspecified atom stereocenters. The lowest BCUT2D eigenvalue weighted by Crippen LogP contribution is -2.32. The van der Waals surface area contributed by atoms with Crippen LogP contribution in [0.5, 0.6) is 0 Å². The van der Waals surface area contributed by atoms with Crippen LogP contribution in [0, 0.1) is 0 Å². The first-order chi connectivity index (χ1) is 11.3. The van der Waals surface area contributed by atoms with Crippen LogP contribution < -0.4 is 5.32 Å². The molecule has 1 N–H and O–H groups in total. The highest BCUT2D eigenvalue weighted by atomic mass is 32.1. The van der Waals surface area contributed by atoms with Gasteiger partial charge in [0, 0.05) is 16.6 Å². The van der Waals surface area contributed by atoms with E-state index in [1.165, 1.54) is 35.3 Å². The number of nitrogens with zero attached hydrogens (tertiary/aromatic N) is 1. The maximum atomic E-state index is 12.4. The summed E-state index contributed by atoms with van der Waals surface area (Å²) in [5.74, 6) is 0.103. The summed E-state index contributed by atoms with van der Waals surface area (Å²) in [4.78, 5) is 16.1. The molecule has 1 aliphatic heterocycles. The Morgan fingerprint density at radius 3 is 3.00 bits per heavy atom. The van der Waals surface area contributed by atoms with Crippen LogP contribution in [-0.4, -0.2) is 23.9 Å². The summed E-state index contributed by atoms with van der Waals surface area (Å²) in [6, 6.07) is 11.1. The predicted molar refractivity (Wildman–Crippen MR) is 95.0 cm³/mol. The molecule has 0 radical (unpaired) electrons. The third kappa shape index (κ3) is 3.19. The van der Waals surface area contributed by atoms with Crippen molar-refractivity contribution in [1.29, 1.82) is 0 Å². The number of nitrogens with one attached hydrogen (secondary N) is 1. The van der Waals surface area contributed by atoms with Gasteiger partial charge >= 0.3 is 0 Å². The van der Waals surface area contributed by atoms with Gasteiger partial charge in [-0.25, -0.2) is 0 Å². The van der Waals surface area contributed by atoms with Gasteiger partial charge in [-0.1, -0.05) is 12.1 Å². The standard InChI is InChI=1S/C19H22N2OS/c22-19(20-16-9-8-14-4-1-5-15(14)12-16)13-21-10-2-6-17(21)18-7-3-11-23-18/h3,7-9,11-12,17H,1-2,4-6,10,13H2,(H,20,22)/t17-/m1/s1. The number of hydrogen-bond donors (Lipinski definition) is 1. The van der Waals surface area contributed by atoms with Crippen LogP contribution in [0.25, 0.3) is 0 Å². The Kier molecular flexibility index (Phi) is 4.19. The molecule has 3 nitrogen and oxygen atoms in total. The molecule has 23 heavy (non-hydrogen) atoms. The third-order valence-electron chi connectivity index (χ3n) is 4.96. The zero-order valence-corrected chi connectivity index (χ0v) is 14.1. The monoisotopic (exact) mass is 326 g/mol. The van der Waals surface area contributed by atoms with Gasteiger partial charge in [0.1, 0.15) is 0 Å². The highest BCUT2D eigenvalue weighted by molar-refractivity contribution is 7.10. The number of aryl methyl sites for hydroxylation is 2. The second kappa shape index (κ2) is 6.46. The molecule has 4 heteroatoms. The number of hydrogen-bond acceptors (Lipinski definition) is 3. The summed E-state index contributed by atoms with van der Waals surface area (Å²) < 4.78 is 0. The maximum absolute atomic E-state index is 12.4. The number of amides is 1. The molecule has 2 heterocycles. The summed E-state index contributed by atoms with van der Waals surface area (Å²) in [5.41, 5.74) is 3.79. The van der Waals surface area contributed by atoms with E-state index in [4.69, 9.17) is 0 Å². The summed E-state index contributed by atoms with van der Waals surface area (Å²) >= 11 is 1.80. The zero-order chi connectivity index (χ0) is 15.6. The number of carbonyl (C=O) groups is 1. The van der Waals surface area contributed by atoms with E-state index >= 15 is 0 Å². The van der Waals surface area contributed by atoms with Crippen molar-refractivity contribution in [1.82, 2.24) is 4.90 Å². The van der Waals surface area contributed by atoms with Crippen molar-refractivity contribution in [3.63, 3.8) is 0 Å². The van der Waals surface area contributed by atoms with Gasteiger partial charge in [0.05, 0.1) is 6.54 Å². The SMILES string of the molecule is O=C(CN1CCC[C@@H]1c1cccs1)Nc1ccc2c(c1)CCC2. The minimum atomic E-state index is 0.103. The summed E-state index contributed by atoms with van der Waals surface area (Å²) in [5, 5.41) is 5.21. The first-order valence-electron chi connectivity index (χ1n) is 8.49. The Balaban J connectivity index is 1.40. The van der Waals surface area contributed by atoms with Crippen LogP contribution in [0.2, 0.25) is 0 Å². The van der Waals surface area contributed by atoms with Gasteiger partial charge in [-0.05, 0) is 73.4 Å². The van der Waals surface area contributed by atoms with Crippen molar-refractivity contribution in [2.75, 3.05) is 18.4 Å². The molecule has 1 amide bonds. The average Bonchev–Trinajstić information content (AvgIpc) is 3.27. The lowest BCUT2D eigenvalue weighted by molar-refractivity contribution is -0.117. The number of carbonyl (C=O) groups excluding carboxylic acids is 1. The number of likely N-dealkylation sites (tertiary alicyclic amines) is 1. The summed E-state index contributed by atoms with van der Waals surface area (Å²) in [6.07, 6.45) is 5.90. The lowest BCUT2D eigenvalue weighted by atomic mass is 10.1. The fourth-order valence-corrected chi connectivity index (χ4v) is 4.75. The van der Waals surface area contributed by atoms with E-state index in [1.807, 2.05) is 6.07 Å². The normalized spacial score (nSPS) is 20.6. The molecule has 1 aliphatic carbocycles. The Morgan fingerprint density at radius 2 is 2.13 bits per heavy atom. The van der Waals surface area contributed by atoms with Gasteiger partial charge in [0.15, 0.2) is 0 Å².